The minimum absolute atomic E-state index is 0.197. The molecule has 13 heavy (non-hydrogen) atoms. The van der Waals surface area contributed by atoms with E-state index in [1.165, 1.54) is 0 Å². The molecule has 1 aliphatic rings. The second kappa shape index (κ2) is 3.26. The largest absolute Gasteiger partial charge is 0.464 e. The van der Waals surface area contributed by atoms with Crippen LogP contribution >= 0.6 is 0 Å². The number of carboxylic acid groups (broad SMARTS) is 1. The van der Waals surface area contributed by atoms with Gasteiger partial charge >= 0.3 is 6.09 Å². The maximum absolute atomic E-state index is 11.1. The van der Waals surface area contributed by atoms with E-state index in [2.05, 4.69) is 0 Å². The molecule has 0 aromatic carbocycles. The van der Waals surface area contributed by atoms with Crippen LogP contribution in [0, 0.1) is 5.41 Å². The van der Waals surface area contributed by atoms with Crippen molar-refractivity contribution in [2.24, 2.45) is 5.41 Å². The first kappa shape index (κ1) is 10.5. The third-order valence-corrected chi connectivity index (χ3v) is 3.03. The minimum atomic E-state index is -1.83. The molecule has 0 aromatic heterocycles. The molecule has 1 unspecified atom stereocenters. The Balaban J connectivity index is 2.88. The average Bonchev–Trinajstić information content (AvgIpc) is 2.28. The maximum atomic E-state index is 11.1. The minimum Gasteiger partial charge on any atom is -0.464 e. The van der Waals surface area contributed by atoms with Crippen molar-refractivity contribution in [3.8, 4) is 0 Å². The molecule has 6 heteroatoms. The molecule has 1 aliphatic heterocycles. The summed E-state index contributed by atoms with van der Waals surface area (Å²) in [5.41, 5.74) is -0.259. The van der Waals surface area contributed by atoms with Crippen molar-refractivity contribution < 1.29 is 18.3 Å². The van der Waals surface area contributed by atoms with E-state index < -0.39 is 17.4 Å². The summed E-state index contributed by atoms with van der Waals surface area (Å²) < 4.78 is 16.8. The van der Waals surface area contributed by atoms with Crippen LogP contribution in [0.2, 0.25) is 0 Å². The molecule has 1 saturated heterocycles. The first-order valence-corrected chi connectivity index (χ1v) is 4.94. The molecule has 2 atom stereocenters. The van der Waals surface area contributed by atoms with Crippen LogP contribution in [0.1, 0.15) is 20.8 Å². The molecular weight excluding hydrogens is 194 g/mol. The fourth-order valence-corrected chi connectivity index (χ4v) is 2.22. The van der Waals surface area contributed by atoms with Gasteiger partial charge in [0.25, 0.3) is 11.3 Å². The van der Waals surface area contributed by atoms with E-state index in [1.807, 2.05) is 20.8 Å². The Kier molecular flexibility index (Phi) is 2.63. The van der Waals surface area contributed by atoms with Crippen LogP contribution < -0.4 is 0 Å². The molecule has 1 N–H and O–H groups in total. The SMILES string of the molecule is CC(C)(C)[C@@H]1COS(=O)N1C(=O)O. The van der Waals surface area contributed by atoms with Crippen LogP contribution in [0.5, 0.6) is 0 Å². The standard InChI is InChI=1S/C7H13NO4S/c1-7(2,3)5-4-12-13(11)8(5)6(9)10/h5H,4H2,1-3H3,(H,9,10)/t5-,13?/m0/s1. The summed E-state index contributed by atoms with van der Waals surface area (Å²) in [4.78, 5) is 10.7. The van der Waals surface area contributed by atoms with Gasteiger partial charge in [0.15, 0.2) is 0 Å². The number of hydrogen-bond donors (Lipinski definition) is 1. The number of amides is 1. The van der Waals surface area contributed by atoms with E-state index in [-0.39, 0.29) is 18.1 Å². The summed E-state index contributed by atoms with van der Waals surface area (Å²) in [6.45, 7) is 5.86. The third-order valence-electron chi connectivity index (χ3n) is 1.96. The highest BCUT2D eigenvalue weighted by Crippen LogP contribution is 2.30. The maximum Gasteiger partial charge on any atom is 0.421 e. The lowest BCUT2D eigenvalue weighted by Crippen LogP contribution is -2.43. The molecule has 0 bridgehead atoms. The van der Waals surface area contributed by atoms with Crippen LogP contribution in [0.15, 0.2) is 0 Å². The van der Waals surface area contributed by atoms with E-state index in [9.17, 15) is 9.00 Å². The lowest BCUT2D eigenvalue weighted by Gasteiger charge is -2.29. The second-order valence-corrected chi connectivity index (χ2v) is 5.06. The van der Waals surface area contributed by atoms with Gasteiger partial charge in [-0.15, -0.1) is 0 Å². The summed E-state index contributed by atoms with van der Waals surface area (Å²) in [5, 5.41) is 8.77. The Morgan fingerprint density at radius 2 is 2.15 bits per heavy atom. The van der Waals surface area contributed by atoms with E-state index in [0.29, 0.717) is 0 Å². The van der Waals surface area contributed by atoms with Crippen LogP contribution in [0.25, 0.3) is 0 Å². The molecule has 0 radical (unpaired) electrons. The normalized spacial score (nSPS) is 29.3. The Morgan fingerprint density at radius 3 is 2.46 bits per heavy atom. The first-order chi connectivity index (χ1) is 5.84. The van der Waals surface area contributed by atoms with Gasteiger partial charge in [0.2, 0.25) is 0 Å². The molecule has 1 fully saturated rings. The number of nitrogens with zero attached hydrogens (tertiary/aromatic N) is 1. The van der Waals surface area contributed by atoms with Crippen molar-refractivity contribution in [3.63, 3.8) is 0 Å². The summed E-state index contributed by atoms with van der Waals surface area (Å²) >= 11 is -1.83. The van der Waals surface area contributed by atoms with Crippen LogP contribution in [-0.2, 0) is 15.4 Å². The first-order valence-electron chi connectivity index (χ1n) is 3.91. The van der Waals surface area contributed by atoms with Crippen molar-refractivity contribution >= 4 is 17.4 Å². The summed E-state index contributed by atoms with van der Waals surface area (Å²) in [5.74, 6) is 0. The molecule has 1 heterocycles. The molecule has 0 saturated carbocycles. The Hall–Kier alpha value is -0.620. The molecule has 0 aromatic rings. The van der Waals surface area contributed by atoms with Gasteiger partial charge in [-0.3, -0.25) is 4.18 Å². The predicted octanol–water partition coefficient (Wildman–Crippen LogP) is 0.990. The molecule has 76 valence electrons. The summed E-state index contributed by atoms with van der Waals surface area (Å²) in [7, 11) is 0. The van der Waals surface area contributed by atoms with Crippen LogP contribution in [0.4, 0.5) is 4.79 Å². The van der Waals surface area contributed by atoms with Gasteiger partial charge in [-0.05, 0) is 5.41 Å². The molecule has 1 rings (SSSR count). The Bertz CT molecular complexity index is 247. The van der Waals surface area contributed by atoms with E-state index in [0.717, 1.165) is 4.31 Å². The van der Waals surface area contributed by atoms with Crippen molar-refractivity contribution in [2.75, 3.05) is 6.61 Å². The lowest BCUT2D eigenvalue weighted by molar-refractivity contribution is 0.133. The molecule has 0 aliphatic carbocycles. The number of hydrogen-bond acceptors (Lipinski definition) is 3. The fraction of sp³-hybridized carbons (Fsp3) is 0.857. The fourth-order valence-electron chi connectivity index (χ4n) is 1.15. The van der Waals surface area contributed by atoms with Crippen LogP contribution in [-0.4, -0.2) is 32.4 Å². The van der Waals surface area contributed by atoms with Gasteiger partial charge in [0.05, 0.1) is 12.6 Å². The highest BCUT2D eigenvalue weighted by Gasteiger charge is 2.43. The van der Waals surface area contributed by atoms with Crippen molar-refractivity contribution in [2.45, 2.75) is 26.8 Å². The van der Waals surface area contributed by atoms with E-state index >= 15 is 0 Å². The number of rotatable bonds is 0. The Morgan fingerprint density at radius 1 is 1.62 bits per heavy atom. The smallest absolute Gasteiger partial charge is 0.421 e. The van der Waals surface area contributed by atoms with Gasteiger partial charge < -0.3 is 5.11 Å². The second-order valence-electron chi connectivity index (χ2n) is 3.99. The van der Waals surface area contributed by atoms with Gasteiger partial charge in [-0.25, -0.2) is 9.00 Å². The topological polar surface area (TPSA) is 66.8 Å². The zero-order valence-corrected chi connectivity index (χ0v) is 8.63. The van der Waals surface area contributed by atoms with Crippen molar-refractivity contribution in [3.05, 3.63) is 0 Å². The van der Waals surface area contributed by atoms with Crippen LogP contribution in [0.3, 0.4) is 0 Å². The van der Waals surface area contributed by atoms with Gasteiger partial charge in [0, 0.05) is 0 Å². The molecular formula is C7H13NO4S. The van der Waals surface area contributed by atoms with Gasteiger partial charge in [-0.2, -0.15) is 4.31 Å². The number of carbonyl (C=O) groups is 1. The lowest BCUT2D eigenvalue weighted by atomic mass is 9.87. The predicted molar refractivity (Wildman–Crippen MR) is 47.2 cm³/mol. The average molecular weight is 207 g/mol. The summed E-state index contributed by atoms with van der Waals surface area (Å²) in [6.07, 6.45) is -1.20. The molecule has 1 amide bonds. The zero-order chi connectivity index (χ0) is 10.2. The monoisotopic (exact) mass is 207 g/mol. The van der Waals surface area contributed by atoms with Gasteiger partial charge in [0.1, 0.15) is 0 Å². The highest BCUT2D eigenvalue weighted by molar-refractivity contribution is 7.78. The Labute approximate surface area is 79.5 Å². The molecule has 5 nitrogen and oxygen atoms in total. The van der Waals surface area contributed by atoms with Gasteiger partial charge in [-0.1, -0.05) is 20.8 Å². The third kappa shape index (κ3) is 2.00. The quantitative estimate of drug-likeness (QED) is 0.643. The molecule has 0 spiro atoms. The highest BCUT2D eigenvalue weighted by atomic mass is 32.2. The van der Waals surface area contributed by atoms with E-state index in [1.54, 1.807) is 0 Å². The zero-order valence-electron chi connectivity index (χ0n) is 7.81. The van der Waals surface area contributed by atoms with E-state index in [4.69, 9.17) is 9.29 Å². The summed E-state index contributed by atoms with van der Waals surface area (Å²) in [6, 6.07) is -0.342. The van der Waals surface area contributed by atoms with Crippen molar-refractivity contribution in [1.82, 2.24) is 4.31 Å². The van der Waals surface area contributed by atoms with Crippen molar-refractivity contribution in [1.29, 1.82) is 0 Å².